The summed E-state index contributed by atoms with van der Waals surface area (Å²) in [7, 11) is 0. The summed E-state index contributed by atoms with van der Waals surface area (Å²) in [5, 5.41) is 10.1. The molecule has 0 saturated heterocycles. The van der Waals surface area contributed by atoms with Gasteiger partial charge in [-0.15, -0.1) is 0 Å². The zero-order chi connectivity index (χ0) is 18.2. The Labute approximate surface area is 141 Å². The third-order valence-electron chi connectivity index (χ3n) is 3.98. The molecule has 0 fully saturated rings. The van der Waals surface area contributed by atoms with Gasteiger partial charge in [0.15, 0.2) is 5.67 Å². The second-order valence-corrected chi connectivity index (χ2v) is 6.03. The number of nitrogens with two attached hydrogens (primary N) is 2. The van der Waals surface area contributed by atoms with E-state index < -0.39 is 29.5 Å². The fourth-order valence-electron chi connectivity index (χ4n) is 2.32. The van der Waals surface area contributed by atoms with E-state index in [4.69, 9.17) is 11.6 Å². The van der Waals surface area contributed by atoms with E-state index in [-0.39, 0.29) is 19.3 Å². The molecule has 6 nitrogen and oxygen atoms in total. The van der Waals surface area contributed by atoms with Crippen molar-refractivity contribution >= 4 is 11.8 Å². The first-order chi connectivity index (χ1) is 11.3. The first-order valence-electron chi connectivity index (χ1n) is 7.81. The van der Waals surface area contributed by atoms with Gasteiger partial charge in [0.25, 0.3) is 5.91 Å². The molecule has 0 aliphatic carbocycles. The van der Waals surface area contributed by atoms with E-state index in [9.17, 15) is 19.1 Å². The summed E-state index contributed by atoms with van der Waals surface area (Å²) >= 11 is 0. The monoisotopic (exact) mass is 338 g/mol. The van der Waals surface area contributed by atoms with E-state index in [0.29, 0.717) is 6.42 Å². The number of benzene rings is 1. The minimum absolute atomic E-state index is 0.0508. The van der Waals surface area contributed by atoms with Crippen molar-refractivity contribution in [3.8, 4) is 0 Å². The molecule has 6 N–H and O–H groups in total. The Morgan fingerprint density at radius 3 is 2.54 bits per heavy atom. The Morgan fingerprint density at radius 2 is 2.00 bits per heavy atom. The van der Waals surface area contributed by atoms with Crippen LogP contribution in [0.15, 0.2) is 30.3 Å². The molecule has 1 rings (SSSR count). The first kappa shape index (κ1) is 20.1. The molecule has 0 bridgehead atoms. The van der Waals surface area contributed by atoms with Crippen molar-refractivity contribution in [1.82, 2.24) is 5.43 Å². The van der Waals surface area contributed by atoms with Gasteiger partial charge in [-0.2, -0.15) is 0 Å². The van der Waals surface area contributed by atoms with Crippen LogP contribution in [-0.4, -0.2) is 28.7 Å². The zero-order valence-electron chi connectivity index (χ0n) is 13.7. The standard InChI is InChI=1S/C17H25FN3O3/c1-17(18,16(19)24)10-9-13(15(23)21-20)11-14(22)8-7-12-5-3-2-4-6-12/h2-6,8,13-14,22H,7,9-11,20H2,1H3,(H2,19,24)(H,21,23)/t13-,14+,17?/m1/s1. The van der Waals surface area contributed by atoms with Gasteiger partial charge < -0.3 is 10.8 Å². The highest BCUT2D eigenvalue weighted by molar-refractivity contribution is 5.83. The number of primary amides is 1. The van der Waals surface area contributed by atoms with Gasteiger partial charge in [0.2, 0.25) is 5.91 Å². The van der Waals surface area contributed by atoms with Gasteiger partial charge >= 0.3 is 0 Å². The zero-order valence-corrected chi connectivity index (χ0v) is 13.7. The number of hydrogen-bond acceptors (Lipinski definition) is 4. The average Bonchev–Trinajstić information content (AvgIpc) is 2.56. The molecule has 1 unspecified atom stereocenters. The maximum atomic E-state index is 13.9. The Balaban J connectivity index is 2.55. The minimum Gasteiger partial charge on any atom is -0.393 e. The van der Waals surface area contributed by atoms with Crippen LogP contribution in [0.1, 0.15) is 31.7 Å². The Kier molecular flexibility index (Phi) is 7.81. The number of carbonyl (C=O) groups excluding carboxylic acids is 2. The number of amides is 2. The number of aliphatic hydroxyl groups is 1. The largest absolute Gasteiger partial charge is 0.393 e. The number of nitrogens with one attached hydrogen (secondary N) is 1. The SMILES string of the molecule is CC(F)(CC[C@H](C[C@@H](O)[CH]Cc1ccccc1)C(=O)NN)C(N)=O. The van der Waals surface area contributed by atoms with Crippen molar-refractivity contribution in [2.24, 2.45) is 17.5 Å². The number of alkyl halides is 1. The van der Waals surface area contributed by atoms with Crippen molar-refractivity contribution in [2.45, 2.75) is 44.4 Å². The lowest BCUT2D eigenvalue weighted by molar-refractivity contribution is -0.131. The quantitative estimate of drug-likeness (QED) is 0.286. The van der Waals surface area contributed by atoms with Gasteiger partial charge in [-0.3, -0.25) is 15.0 Å². The molecule has 24 heavy (non-hydrogen) atoms. The summed E-state index contributed by atoms with van der Waals surface area (Å²) in [5.41, 5.74) is 5.82. The van der Waals surface area contributed by atoms with E-state index in [2.05, 4.69) is 0 Å². The van der Waals surface area contributed by atoms with Crippen molar-refractivity contribution < 1.29 is 19.1 Å². The van der Waals surface area contributed by atoms with Crippen LogP contribution >= 0.6 is 0 Å². The van der Waals surface area contributed by atoms with Gasteiger partial charge in [-0.25, -0.2) is 10.2 Å². The summed E-state index contributed by atoms with van der Waals surface area (Å²) in [6.07, 6.45) is 1.29. The first-order valence-corrected chi connectivity index (χ1v) is 7.81. The molecule has 3 atom stereocenters. The van der Waals surface area contributed by atoms with E-state index >= 15 is 0 Å². The van der Waals surface area contributed by atoms with Crippen molar-refractivity contribution in [3.05, 3.63) is 42.3 Å². The highest BCUT2D eigenvalue weighted by atomic mass is 19.1. The van der Waals surface area contributed by atoms with Crippen LogP contribution in [0.25, 0.3) is 0 Å². The van der Waals surface area contributed by atoms with Gasteiger partial charge in [0.1, 0.15) is 0 Å². The van der Waals surface area contributed by atoms with Crippen LogP contribution in [0, 0.1) is 12.3 Å². The number of carbonyl (C=O) groups is 2. The molecule has 0 aliphatic rings. The summed E-state index contributed by atoms with van der Waals surface area (Å²) in [4.78, 5) is 22.8. The molecule has 1 aromatic rings. The van der Waals surface area contributed by atoms with E-state index in [1.807, 2.05) is 35.8 Å². The smallest absolute Gasteiger partial charge is 0.254 e. The fourth-order valence-corrected chi connectivity index (χ4v) is 2.32. The Morgan fingerprint density at radius 1 is 1.38 bits per heavy atom. The Hall–Kier alpha value is -1.99. The molecule has 2 amide bonds. The summed E-state index contributed by atoms with van der Waals surface area (Å²) in [6.45, 7) is 1.07. The molecular weight excluding hydrogens is 313 g/mol. The molecule has 1 aromatic carbocycles. The number of aliphatic hydroxyl groups excluding tert-OH is 1. The lowest BCUT2D eigenvalue weighted by Gasteiger charge is -2.22. The normalized spacial score (nSPS) is 16.0. The summed E-state index contributed by atoms with van der Waals surface area (Å²) in [6, 6.07) is 9.54. The molecule has 0 aliphatic heterocycles. The third kappa shape index (κ3) is 6.64. The van der Waals surface area contributed by atoms with Crippen LogP contribution in [-0.2, 0) is 16.0 Å². The van der Waals surface area contributed by atoms with Gasteiger partial charge in [0.05, 0.1) is 6.10 Å². The van der Waals surface area contributed by atoms with Crippen LogP contribution in [0.3, 0.4) is 0 Å². The van der Waals surface area contributed by atoms with Crippen molar-refractivity contribution in [2.75, 3.05) is 0 Å². The summed E-state index contributed by atoms with van der Waals surface area (Å²) < 4.78 is 13.9. The van der Waals surface area contributed by atoms with Crippen LogP contribution in [0.5, 0.6) is 0 Å². The fraction of sp³-hybridized carbons (Fsp3) is 0.471. The van der Waals surface area contributed by atoms with Gasteiger partial charge in [-0.1, -0.05) is 30.3 Å². The minimum atomic E-state index is -2.20. The maximum Gasteiger partial charge on any atom is 0.254 e. The lowest BCUT2D eigenvalue weighted by Crippen LogP contribution is -2.40. The topological polar surface area (TPSA) is 118 Å². The molecule has 0 saturated carbocycles. The Bertz CT molecular complexity index is 537. The molecular formula is C17H25FN3O3. The molecule has 0 heterocycles. The molecule has 1 radical (unpaired) electrons. The highest BCUT2D eigenvalue weighted by Crippen LogP contribution is 2.24. The number of hydrogen-bond donors (Lipinski definition) is 4. The second-order valence-electron chi connectivity index (χ2n) is 6.03. The molecule has 133 valence electrons. The molecule has 7 heteroatoms. The lowest BCUT2D eigenvalue weighted by atomic mass is 9.89. The molecule has 0 aromatic heterocycles. The highest BCUT2D eigenvalue weighted by Gasteiger charge is 2.33. The number of rotatable bonds is 10. The van der Waals surface area contributed by atoms with Crippen LogP contribution in [0.4, 0.5) is 4.39 Å². The van der Waals surface area contributed by atoms with Crippen molar-refractivity contribution in [1.29, 1.82) is 0 Å². The maximum absolute atomic E-state index is 13.9. The number of hydrazine groups is 1. The predicted molar refractivity (Wildman–Crippen MR) is 88.8 cm³/mol. The van der Waals surface area contributed by atoms with E-state index in [1.54, 1.807) is 6.42 Å². The predicted octanol–water partition coefficient (Wildman–Crippen LogP) is 0.784. The average molecular weight is 338 g/mol. The van der Waals surface area contributed by atoms with Gasteiger partial charge in [-0.05, 0) is 44.6 Å². The van der Waals surface area contributed by atoms with E-state index in [1.165, 1.54) is 0 Å². The summed E-state index contributed by atoms with van der Waals surface area (Å²) in [5.74, 6) is 2.83. The third-order valence-corrected chi connectivity index (χ3v) is 3.98. The van der Waals surface area contributed by atoms with E-state index in [0.717, 1.165) is 12.5 Å². The number of halogens is 1. The van der Waals surface area contributed by atoms with Crippen LogP contribution < -0.4 is 17.0 Å². The van der Waals surface area contributed by atoms with Gasteiger partial charge in [0, 0.05) is 5.92 Å². The molecule has 0 spiro atoms. The second kappa shape index (κ2) is 9.34. The van der Waals surface area contributed by atoms with Crippen molar-refractivity contribution in [3.63, 3.8) is 0 Å². The van der Waals surface area contributed by atoms with Crippen LogP contribution in [0.2, 0.25) is 0 Å².